The normalized spacial score (nSPS) is 21.4. The van der Waals surface area contributed by atoms with Gasteiger partial charge in [0.2, 0.25) is 0 Å². The summed E-state index contributed by atoms with van der Waals surface area (Å²) in [6.45, 7) is 5.76. The van der Waals surface area contributed by atoms with E-state index in [1.807, 2.05) is 30.3 Å². The minimum Gasteiger partial charge on any atom is -0.445 e. The molecule has 1 unspecified atom stereocenters. The van der Waals surface area contributed by atoms with Crippen molar-refractivity contribution in [3.63, 3.8) is 0 Å². The molecule has 112 valence electrons. The lowest BCUT2D eigenvalue weighted by Gasteiger charge is -2.19. The van der Waals surface area contributed by atoms with Crippen LogP contribution in [-0.4, -0.2) is 37.9 Å². The highest BCUT2D eigenvalue weighted by atomic mass is 16.5. The van der Waals surface area contributed by atoms with Crippen LogP contribution >= 0.6 is 0 Å². The molecular formula is C15H24N2O3. The number of hydrogen-bond acceptors (Lipinski definition) is 4. The van der Waals surface area contributed by atoms with Crippen LogP contribution in [0.5, 0.6) is 0 Å². The number of rotatable bonds is 6. The van der Waals surface area contributed by atoms with Gasteiger partial charge < -0.3 is 20.1 Å². The number of hydrogen-bond donors (Lipinski definition) is 2. The van der Waals surface area contributed by atoms with Crippen molar-refractivity contribution in [2.75, 3.05) is 19.7 Å². The molecule has 0 aliphatic carbocycles. The standard InChI is InChI=1S/C15H20N2O3.2H2/c1-2-8-19-14-10-16-9-13(14)17-15(18)20-11-12-6-4-3-5-7-12;;/h2-7,13-14,16H,1,8-11H2,(H,17,18);2*1H/t13?,14-;;/m1../s1. The maximum absolute atomic E-state index is 11.8. The smallest absolute Gasteiger partial charge is 0.407 e. The molecule has 2 rings (SSSR count). The summed E-state index contributed by atoms with van der Waals surface area (Å²) in [6, 6.07) is 9.52. The van der Waals surface area contributed by atoms with E-state index in [-0.39, 0.29) is 21.6 Å². The topological polar surface area (TPSA) is 59.6 Å². The molecule has 0 saturated carbocycles. The zero-order valence-corrected chi connectivity index (χ0v) is 11.4. The van der Waals surface area contributed by atoms with Gasteiger partial charge in [-0.25, -0.2) is 4.79 Å². The Morgan fingerprint density at radius 3 is 3.00 bits per heavy atom. The van der Waals surface area contributed by atoms with Gasteiger partial charge in [0.1, 0.15) is 6.61 Å². The van der Waals surface area contributed by atoms with Crippen LogP contribution < -0.4 is 10.6 Å². The lowest BCUT2D eigenvalue weighted by atomic mass is 10.2. The summed E-state index contributed by atoms with van der Waals surface area (Å²) in [7, 11) is 0. The third-order valence-corrected chi connectivity index (χ3v) is 3.10. The van der Waals surface area contributed by atoms with Gasteiger partial charge in [0.25, 0.3) is 0 Å². The van der Waals surface area contributed by atoms with Crippen LogP contribution in [0, 0.1) is 0 Å². The molecule has 1 heterocycles. The molecule has 2 N–H and O–H groups in total. The Hall–Kier alpha value is -1.85. The minimum absolute atomic E-state index is 0. The number of alkyl carbamates (subject to hydrolysis) is 1. The van der Waals surface area contributed by atoms with Crippen molar-refractivity contribution < 1.29 is 17.1 Å². The third-order valence-electron chi connectivity index (χ3n) is 3.10. The molecule has 5 heteroatoms. The van der Waals surface area contributed by atoms with Crippen molar-refractivity contribution in [1.82, 2.24) is 10.6 Å². The van der Waals surface area contributed by atoms with Gasteiger partial charge in [0, 0.05) is 15.9 Å². The predicted molar refractivity (Wildman–Crippen MR) is 80.6 cm³/mol. The van der Waals surface area contributed by atoms with Gasteiger partial charge in [0.15, 0.2) is 0 Å². The van der Waals surface area contributed by atoms with Gasteiger partial charge in [-0.2, -0.15) is 0 Å². The van der Waals surface area contributed by atoms with E-state index < -0.39 is 6.09 Å². The second-order valence-electron chi connectivity index (χ2n) is 4.63. The Morgan fingerprint density at radius 1 is 1.45 bits per heavy atom. The maximum Gasteiger partial charge on any atom is 0.407 e. The first kappa shape index (κ1) is 14.6. The fourth-order valence-corrected chi connectivity index (χ4v) is 2.08. The summed E-state index contributed by atoms with van der Waals surface area (Å²) in [4.78, 5) is 11.8. The van der Waals surface area contributed by atoms with Crippen molar-refractivity contribution in [2.45, 2.75) is 18.8 Å². The molecule has 0 aromatic heterocycles. The fraction of sp³-hybridized carbons (Fsp3) is 0.400. The van der Waals surface area contributed by atoms with E-state index in [1.165, 1.54) is 0 Å². The molecule has 5 nitrogen and oxygen atoms in total. The monoisotopic (exact) mass is 280 g/mol. The van der Waals surface area contributed by atoms with E-state index in [2.05, 4.69) is 17.2 Å². The Morgan fingerprint density at radius 2 is 2.25 bits per heavy atom. The van der Waals surface area contributed by atoms with Crippen molar-refractivity contribution >= 4 is 6.09 Å². The number of carbonyl (C=O) groups excluding carboxylic acids is 1. The summed E-state index contributed by atoms with van der Waals surface area (Å²) in [5.41, 5.74) is 0.964. The third kappa shape index (κ3) is 4.36. The van der Waals surface area contributed by atoms with E-state index in [1.54, 1.807) is 6.08 Å². The predicted octanol–water partition coefficient (Wildman–Crippen LogP) is 1.95. The SMILES string of the molecule is C=CCO[C@@H]1CNCC1NC(=O)OCc1ccccc1.[HH].[HH]. The number of carbonyl (C=O) groups is 1. The van der Waals surface area contributed by atoms with Crippen LogP contribution in [0.15, 0.2) is 43.0 Å². The molecule has 1 amide bonds. The van der Waals surface area contributed by atoms with E-state index in [0.29, 0.717) is 13.2 Å². The molecule has 1 aromatic rings. The number of ether oxygens (including phenoxy) is 2. The van der Waals surface area contributed by atoms with Crippen LogP contribution in [0.1, 0.15) is 8.42 Å². The zero-order chi connectivity index (χ0) is 14.2. The molecule has 0 radical (unpaired) electrons. The first-order valence-corrected chi connectivity index (χ1v) is 6.70. The molecule has 1 aromatic carbocycles. The Bertz CT molecular complexity index is 446. The van der Waals surface area contributed by atoms with Gasteiger partial charge in [-0.3, -0.25) is 0 Å². The summed E-state index contributed by atoms with van der Waals surface area (Å²) >= 11 is 0. The average Bonchev–Trinajstić information content (AvgIpc) is 2.91. The molecule has 0 bridgehead atoms. The molecule has 1 saturated heterocycles. The van der Waals surface area contributed by atoms with Gasteiger partial charge in [-0.15, -0.1) is 6.58 Å². The van der Waals surface area contributed by atoms with E-state index in [4.69, 9.17) is 9.47 Å². The molecular weight excluding hydrogens is 256 g/mol. The lowest BCUT2D eigenvalue weighted by Crippen LogP contribution is -2.44. The first-order valence-electron chi connectivity index (χ1n) is 6.70. The van der Waals surface area contributed by atoms with E-state index in [0.717, 1.165) is 12.1 Å². The van der Waals surface area contributed by atoms with Crippen LogP contribution in [0.3, 0.4) is 0 Å². The Balaban J connectivity index is 0.00000220. The van der Waals surface area contributed by atoms with Crippen LogP contribution in [-0.2, 0) is 16.1 Å². The van der Waals surface area contributed by atoms with E-state index >= 15 is 0 Å². The highest BCUT2D eigenvalue weighted by molar-refractivity contribution is 5.67. The molecule has 1 aliphatic rings. The summed E-state index contributed by atoms with van der Waals surface area (Å²) in [6.07, 6.45) is 1.23. The quantitative estimate of drug-likeness (QED) is 0.782. The first-order chi connectivity index (χ1) is 9.79. The highest BCUT2D eigenvalue weighted by Crippen LogP contribution is 2.06. The minimum atomic E-state index is -0.422. The number of nitrogens with one attached hydrogen (secondary N) is 2. The summed E-state index contributed by atoms with van der Waals surface area (Å²) in [5.74, 6) is 0. The van der Waals surface area contributed by atoms with Crippen LogP contribution in [0.25, 0.3) is 0 Å². The number of benzene rings is 1. The maximum atomic E-state index is 11.8. The molecule has 0 spiro atoms. The second-order valence-corrected chi connectivity index (χ2v) is 4.63. The van der Waals surface area contributed by atoms with Crippen LogP contribution in [0.2, 0.25) is 0 Å². The molecule has 1 fully saturated rings. The molecule has 1 aliphatic heterocycles. The van der Waals surface area contributed by atoms with Crippen molar-refractivity contribution in [2.24, 2.45) is 0 Å². The summed E-state index contributed by atoms with van der Waals surface area (Å²) in [5, 5.41) is 6.01. The van der Waals surface area contributed by atoms with Gasteiger partial charge in [-0.05, 0) is 5.56 Å². The second kappa shape index (κ2) is 7.67. The zero-order valence-electron chi connectivity index (χ0n) is 11.4. The van der Waals surface area contributed by atoms with Gasteiger partial charge in [0.05, 0.1) is 18.8 Å². The molecule has 20 heavy (non-hydrogen) atoms. The fourth-order valence-electron chi connectivity index (χ4n) is 2.08. The Labute approximate surface area is 121 Å². The largest absolute Gasteiger partial charge is 0.445 e. The molecule has 2 atom stereocenters. The van der Waals surface area contributed by atoms with Gasteiger partial charge >= 0.3 is 6.09 Å². The van der Waals surface area contributed by atoms with Crippen molar-refractivity contribution in [3.8, 4) is 0 Å². The van der Waals surface area contributed by atoms with Crippen molar-refractivity contribution in [1.29, 1.82) is 0 Å². The highest BCUT2D eigenvalue weighted by Gasteiger charge is 2.29. The van der Waals surface area contributed by atoms with Crippen molar-refractivity contribution in [3.05, 3.63) is 48.6 Å². The Kier molecular flexibility index (Phi) is 5.58. The average molecular weight is 280 g/mol. The van der Waals surface area contributed by atoms with E-state index in [9.17, 15) is 4.79 Å². The van der Waals surface area contributed by atoms with Crippen LogP contribution in [0.4, 0.5) is 4.79 Å². The number of amides is 1. The van der Waals surface area contributed by atoms with Gasteiger partial charge in [-0.1, -0.05) is 36.4 Å². The summed E-state index contributed by atoms with van der Waals surface area (Å²) < 4.78 is 10.8. The lowest BCUT2D eigenvalue weighted by molar-refractivity contribution is 0.0645.